The van der Waals surface area contributed by atoms with E-state index in [-0.39, 0.29) is 0 Å². The van der Waals surface area contributed by atoms with Crippen LogP contribution in [0.5, 0.6) is 0 Å². The average molecular weight is 504 g/mol. The third-order valence-corrected chi connectivity index (χ3v) is 7.74. The van der Waals surface area contributed by atoms with Gasteiger partial charge in [-0.2, -0.15) is 0 Å². The molecule has 1 aliphatic carbocycles. The Bertz CT molecular complexity index is 1930. The molecule has 3 heterocycles. The van der Waals surface area contributed by atoms with Crippen molar-refractivity contribution in [1.82, 2.24) is 4.57 Å². The van der Waals surface area contributed by atoms with E-state index in [1.165, 1.54) is 31.9 Å². The Hall–Kier alpha value is -3.76. The van der Waals surface area contributed by atoms with Crippen molar-refractivity contribution >= 4 is 76.7 Å². The van der Waals surface area contributed by atoms with E-state index in [1.807, 2.05) is 12.1 Å². The first kappa shape index (κ1) is 18.6. The zero-order chi connectivity index (χ0) is 22.4. The first-order chi connectivity index (χ1) is 16.8. The molecule has 0 bridgehead atoms. The molecule has 0 radical (unpaired) electrons. The number of allylic oxidation sites excluding steroid dienone is 1. The summed E-state index contributed by atoms with van der Waals surface area (Å²) in [4.78, 5) is 0. The molecule has 3 aromatic heterocycles. The topological polar surface area (TPSA) is 31.2 Å². The molecule has 8 rings (SSSR count). The lowest BCUT2D eigenvalue weighted by Crippen LogP contribution is -1.93. The largest absolute Gasteiger partial charge is 0.460 e. The minimum Gasteiger partial charge on any atom is -0.460 e. The van der Waals surface area contributed by atoms with Crippen LogP contribution >= 0.6 is 15.9 Å². The molecule has 162 valence electrons. The van der Waals surface area contributed by atoms with Crippen LogP contribution in [0.2, 0.25) is 0 Å². The molecule has 0 unspecified atom stereocenters. The van der Waals surface area contributed by atoms with Gasteiger partial charge in [0.05, 0.1) is 11.0 Å². The van der Waals surface area contributed by atoms with Gasteiger partial charge in [0.15, 0.2) is 0 Å². The smallest absolute Gasteiger partial charge is 0.136 e. The molecule has 0 N–H and O–H groups in total. The van der Waals surface area contributed by atoms with E-state index >= 15 is 0 Å². The highest BCUT2D eigenvalue weighted by molar-refractivity contribution is 9.11. The Morgan fingerprint density at radius 3 is 2.09 bits per heavy atom. The summed E-state index contributed by atoms with van der Waals surface area (Å²) in [6, 6.07) is 27.8. The van der Waals surface area contributed by atoms with Crippen LogP contribution in [0.15, 0.2) is 92.2 Å². The second-order valence-corrected chi connectivity index (χ2v) is 10.0. The highest BCUT2D eigenvalue weighted by atomic mass is 79.9. The number of nitrogens with zero attached hydrogens (tertiary/aromatic N) is 1. The fraction of sp³-hybridized carbons (Fsp3) is 0.0667. The summed E-state index contributed by atoms with van der Waals surface area (Å²) in [5.41, 5.74) is 7.40. The van der Waals surface area contributed by atoms with E-state index in [9.17, 15) is 0 Å². The minimum atomic E-state index is 0.889. The van der Waals surface area contributed by atoms with Gasteiger partial charge in [-0.25, -0.2) is 0 Å². The fourth-order valence-corrected chi connectivity index (χ4v) is 6.08. The number of fused-ring (bicyclic) bond motifs is 10. The van der Waals surface area contributed by atoms with Gasteiger partial charge >= 0.3 is 0 Å². The van der Waals surface area contributed by atoms with Gasteiger partial charge < -0.3 is 13.4 Å². The van der Waals surface area contributed by atoms with Gasteiger partial charge in [-0.1, -0.05) is 52.3 Å². The van der Waals surface area contributed by atoms with Gasteiger partial charge in [0, 0.05) is 44.6 Å². The molecule has 0 amide bonds. The summed E-state index contributed by atoms with van der Waals surface area (Å²) in [7, 11) is 0. The number of halogens is 1. The first-order valence-corrected chi connectivity index (χ1v) is 12.3. The third-order valence-electron chi connectivity index (χ3n) is 7.11. The van der Waals surface area contributed by atoms with Gasteiger partial charge in [-0.3, -0.25) is 0 Å². The highest BCUT2D eigenvalue weighted by Gasteiger charge is 2.22. The van der Waals surface area contributed by atoms with Crippen molar-refractivity contribution in [2.45, 2.75) is 12.8 Å². The molecular formula is C30H18BrNO2. The van der Waals surface area contributed by atoms with Crippen LogP contribution in [0.1, 0.15) is 17.7 Å². The van der Waals surface area contributed by atoms with Crippen LogP contribution in [-0.2, 0) is 6.42 Å². The number of hydrogen-bond acceptors (Lipinski definition) is 2. The molecular weight excluding hydrogens is 486 g/mol. The summed E-state index contributed by atoms with van der Waals surface area (Å²) >= 11 is 3.71. The predicted molar refractivity (Wildman–Crippen MR) is 143 cm³/mol. The predicted octanol–water partition coefficient (Wildman–Crippen LogP) is 9.11. The minimum absolute atomic E-state index is 0.889. The number of para-hydroxylation sites is 2. The summed E-state index contributed by atoms with van der Waals surface area (Å²) in [6.45, 7) is 0. The van der Waals surface area contributed by atoms with Crippen molar-refractivity contribution in [3.8, 4) is 5.69 Å². The molecule has 3 nitrogen and oxygen atoms in total. The van der Waals surface area contributed by atoms with Crippen LogP contribution in [0.25, 0.3) is 66.5 Å². The number of hydrogen-bond donors (Lipinski definition) is 0. The second kappa shape index (κ2) is 6.64. The first-order valence-electron chi connectivity index (χ1n) is 11.5. The molecule has 34 heavy (non-hydrogen) atoms. The normalized spacial score (nSPS) is 14.0. The summed E-state index contributed by atoms with van der Waals surface area (Å²) in [5, 5.41) is 5.90. The van der Waals surface area contributed by atoms with E-state index in [2.05, 4.69) is 93.3 Å². The molecule has 0 spiro atoms. The highest BCUT2D eigenvalue weighted by Crippen LogP contribution is 2.43. The van der Waals surface area contributed by atoms with Crippen LogP contribution in [-0.4, -0.2) is 4.57 Å². The SMILES string of the molecule is BrC1=Cc2c(oc3ccc4oc5ccc(-n6c7ccccc7c7ccccc76)cc5c4c23)CC1. The molecule has 0 saturated heterocycles. The van der Waals surface area contributed by atoms with Crippen molar-refractivity contribution in [3.63, 3.8) is 0 Å². The maximum Gasteiger partial charge on any atom is 0.136 e. The molecule has 1 aliphatic rings. The van der Waals surface area contributed by atoms with Crippen molar-refractivity contribution in [1.29, 1.82) is 0 Å². The van der Waals surface area contributed by atoms with E-state index in [4.69, 9.17) is 8.83 Å². The molecule has 0 aliphatic heterocycles. The Morgan fingerprint density at radius 1 is 0.647 bits per heavy atom. The van der Waals surface area contributed by atoms with Crippen LogP contribution in [0.3, 0.4) is 0 Å². The number of furan rings is 2. The maximum absolute atomic E-state index is 6.31. The standard InChI is InChI=1S/C30H18BrNO2/c31-17-9-11-25-21(15-17)29-27(33-25)13-14-28-30(29)22-16-18(10-12-26(22)34-28)32-23-7-3-1-5-19(23)20-6-2-4-8-24(20)32/h1-8,10,12-16H,9,11H2. The van der Waals surface area contributed by atoms with Gasteiger partial charge in [0.1, 0.15) is 22.5 Å². The summed E-state index contributed by atoms with van der Waals surface area (Å²) in [5.74, 6) is 1.05. The fourth-order valence-electron chi connectivity index (χ4n) is 5.66. The molecule has 7 aromatic rings. The number of benzene rings is 4. The second-order valence-electron chi connectivity index (χ2n) is 8.99. The van der Waals surface area contributed by atoms with Crippen LogP contribution in [0.4, 0.5) is 0 Å². The van der Waals surface area contributed by atoms with E-state index in [0.29, 0.717) is 0 Å². The quantitative estimate of drug-likeness (QED) is 0.223. The Morgan fingerprint density at radius 2 is 1.32 bits per heavy atom. The number of aryl methyl sites for hydroxylation is 1. The van der Waals surface area contributed by atoms with Crippen LogP contribution in [0, 0.1) is 0 Å². The van der Waals surface area contributed by atoms with Gasteiger partial charge in [-0.05, 0) is 59.4 Å². The Labute approximate surface area is 203 Å². The Balaban J connectivity index is 1.50. The van der Waals surface area contributed by atoms with Gasteiger partial charge in [0.25, 0.3) is 0 Å². The monoisotopic (exact) mass is 503 g/mol. The molecule has 4 heteroatoms. The molecule has 0 atom stereocenters. The summed E-state index contributed by atoms with van der Waals surface area (Å²) in [6.07, 6.45) is 4.09. The molecule has 0 saturated carbocycles. The van der Waals surface area contributed by atoms with Crippen molar-refractivity contribution < 1.29 is 8.83 Å². The van der Waals surface area contributed by atoms with E-state index in [0.717, 1.165) is 57.2 Å². The van der Waals surface area contributed by atoms with Crippen molar-refractivity contribution in [2.75, 3.05) is 0 Å². The summed E-state index contributed by atoms with van der Waals surface area (Å²) < 4.78 is 16.1. The van der Waals surface area contributed by atoms with Gasteiger partial charge in [0.2, 0.25) is 0 Å². The zero-order valence-electron chi connectivity index (χ0n) is 18.1. The third kappa shape index (κ3) is 2.41. The lowest BCUT2D eigenvalue weighted by molar-refractivity contribution is 0.545. The van der Waals surface area contributed by atoms with Crippen molar-refractivity contribution in [3.05, 3.63) is 94.7 Å². The Kier molecular flexibility index (Phi) is 3.64. The average Bonchev–Trinajstić information content (AvgIpc) is 3.52. The van der Waals surface area contributed by atoms with Crippen molar-refractivity contribution in [2.24, 2.45) is 0 Å². The van der Waals surface area contributed by atoms with E-state index < -0.39 is 0 Å². The van der Waals surface area contributed by atoms with Crippen LogP contribution < -0.4 is 0 Å². The number of aromatic nitrogens is 1. The number of rotatable bonds is 1. The lowest BCUT2D eigenvalue weighted by Gasteiger charge is -2.08. The molecule has 0 fully saturated rings. The van der Waals surface area contributed by atoms with E-state index in [1.54, 1.807) is 0 Å². The molecule has 4 aromatic carbocycles. The maximum atomic E-state index is 6.31. The van der Waals surface area contributed by atoms with Gasteiger partial charge in [-0.15, -0.1) is 0 Å². The lowest BCUT2D eigenvalue weighted by atomic mass is 9.99. The zero-order valence-corrected chi connectivity index (χ0v) is 19.7.